The second kappa shape index (κ2) is 5.83. The molecule has 0 radical (unpaired) electrons. The summed E-state index contributed by atoms with van der Waals surface area (Å²) >= 11 is 3.48. The normalized spacial score (nSPS) is 10.4. The van der Waals surface area contributed by atoms with Crippen molar-refractivity contribution in [3.63, 3.8) is 0 Å². The van der Waals surface area contributed by atoms with Crippen molar-refractivity contribution in [2.24, 2.45) is 0 Å². The standard InChI is InChI=1S/C12H13BrN4O2/c1-8-2-3-10(9(13)6-8)14-4-5-17-7-11(12(18)19)15-16-17/h2-3,6-7,14H,4-5H2,1H3,(H,18,19). The Balaban J connectivity index is 1.90. The van der Waals surface area contributed by atoms with E-state index in [1.807, 2.05) is 25.1 Å². The van der Waals surface area contributed by atoms with Crippen LogP contribution in [0.5, 0.6) is 0 Å². The van der Waals surface area contributed by atoms with Gasteiger partial charge in [-0.25, -0.2) is 9.48 Å². The van der Waals surface area contributed by atoms with Gasteiger partial charge in [0.1, 0.15) is 0 Å². The highest BCUT2D eigenvalue weighted by molar-refractivity contribution is 9.10. The summed E-state index contributed by atoms with van der Waals surface area (Å²) < 4.78 is 2.50. The minimum absolute atomic E-state index is 0.0449. The Morgan fingerprint density at radius 2 is 2.32 bits per heavy atom. The van der Waals surface area contributed by atoms with E-state index in [1.165, 1.54) is 16.4 Å². The number of hydrogen-bond acceptors (Lipinski definition) is 4. The fraction of sp³-hybridized carbons (Fsp3) is 0.250. The Hall–Kier alpha value is -1.89. The molecule has 6 nitrogen and oxygen atoms in total. The molecule has 0 atom stereocenters. The lowest BCUT2D eigenvalue weighted by Gasteiger charge is -2.08. The molecule has 1 heterocycles. The molecule has 0 saturated carbocycles. The van der Waals surface area contributed by atoms with Crippen LogP contribution in [-0.4, -0.2) is 32.6 Å². The molecule has 1 aromatic carbocycles. The van der Waals surface area contributed by atoms with Crippen molar-refractivity contribution in [1.82, 2.24) is 15.0 Å². The monoisotopic (exact) mass is 324 g/mol. The molecule has 0 saturated heterocycles. The molecule has 0 fully saturated rings. The van der Waals surface area contributed by atoms with Crippen LogP contribution in [0.15, 0.2) is 28.9 Å². The zero-order chi connectivity index (χ0) is 13.8. The van der Waals surface area contributed by atoms with Gasteiger partial charge in [-0.05, 0) is 40.5 Å². The first-order chi connectivity index (χ1) is 9.06. The molecule has 0 amide bonds. The first-order valence-electron chi connectivity index (χ1n) is 5.70. The summed E-state index contributed by atoms with van der Waals surface area (Å²) in [7, 11) is 0. The lowest BCUT2D eigenvalue weighted by Crippen LogP contribution is -2.11. The average molecular weight is 325 g/mol. The summed E-state index contributed by atoms with van der Waals surface area (Å²) in [5.74, 6) is -1.07. The Kier molecular flexibility index (Phi) is 4.16. The summed E-state index contributed by atoms with van der Waals surface area (Å²) in [5.41, 5.74) is 2.13. The van der Waals surface area contributed by atoms with Gasteiger partial charge in [-0.1, -0.05) is 11.3 Å². The molecule has 19 heavy (non-hydrogen) atoms. The summed E-state index contributed by atoms with van der Waals surface area (Å²) in [5, 5.41) is 19.3. The molecular formula is C12H13BrN4O2. The van der Waals surface area contributed by atoms with Gasteiger partial charge in [0.05, 0.1) is 12.7 Å². The van der Waals surface area contributed by atoms with Crippen LogP contribution in [0, 0.1) is 6.92 Å². The molecule has 0 aliphatic rings. The number of halogens is 1. The highest BCUT2D eigenvalue weighted by atomic mass is 79.9. The third-order valence-electron chi connectivity index (χ3n) is 2.54. The molecule has 0 bridgehead atoms. The summed E-state index contributed by atoms with van der Waals surface area (Å²) in [6.45, 7) is 3.20. The molecule has 0 aliphatic heterocycles. The Bertz CT molecular complexity index is 597. The molecule has 100 valence electrons. The minimum atomic E-state index is -1.07. The van der Waals surface area contributed by atoms with Gasteiger partial charge in [0.15, 0.2) is 5.69 Å². The number of aromatic nitrogens is 3. The average Bonchev–Trinajstić information content (AvgIpc) is 2.81. The van der Waals surface area contributed by atoms with Gasteiger partial charge in [0, 0.05) is 16.7 Å². The molecule has 0 aliphatic carbocycles. The molecule has 2 rings (SSSR count). The van der Waals surface area contributed by atoms with Crippen molar-refractivity contribution >= 4 is 27.6 Å². The quantitative estimate of drug-likeness (QED) is 0.881. The smallest absolute Gasteiger partial charge is 0.358 e. The van der Waals surface area contributed by atoms with Crippen molar-refractivity contribution in [2.75, 3.05) is 11.9 Å². The van der Waals surface area contributed by atoms with Gasteiger partial charge in [0.2, 0.25) is 0 Å². The number of aromatic carboxylic acids is 1. The number of carboxylic acids is 1. The van der Waals surface area contributed by atoms with E-state index in [1.54, 1.807) is 0 Å². The van der Waals surface area contributed by atoms with Crippen LogP contribution in [-0.2, 0) is 6.54 Å². The number of rotatable bonds is 5. The summed E-state index contributed by atoms with van der Waals surface area (Å²) in [6.07, 6.45) is 1.41. The zero-order valence-corrected chi connectivity index (χ0v) is 11.9. The number of benzene rings is 1. The summed E-state index contributed by atoms with van der Waals surface area (Å²) in [4.78, 5) is 10.6. The van der Waals surface area contributed by atoms with E-state index >= 15 is 0 Å². The van der Waals surface area contributed by atoms with Crippen molar-refractivity contribution in [2.45, 2.75) is 13.5 Å². The Morgan fingerprint density at radius 1 is 1.53 bits per heavy atom. The van der Waals surface area contributed by atoms with E-state index in [4.69, 9.17) is 5.11 Å². The molecule has 7 heteroatoms. The number of carboxylic acid groups (broad SMARTS) is 1. The van der Waals surface area contributed by atoms with Crippen molar-refractivity contribution in [1.29, 1.82) is 0 Å². The predicted octanol–water partition coefficient (Wildman–Crippen LogP) is 2.16. The fourth-order valence-corrected chi connectivity index (χ4v) is 2.21. The number of nitrogens with zero attached hydrogens (tertiary/aromatic N) is 3. The van der Waals surface area contributed by atoms with Gasteiger partial charge in [-0.15, -0.1) is 5.10 Å². The second-order valence-corrected chi connectivity index (χ2v) is 4.94. The number of hydrogen-bond donors (Lipinski definition) is 2. The second-order valence-electron chi connectivity index (χ2n) is 4.08. The van der Waals surface area contributed by atoms with E-state index in [0.29, 0.717) is 13.1 Å². The first-order valence-corrected chi connectivity index (χ1v) is 6.49. The lowest BCUT2D eigenvalue weighted by atomic mass is 10.2. The van der Waals surface area contributed by atoms with Gasteiger partial charge in [0.25, 0.3) is 0 Å². The Morgan fingerprint density at radius 3 is 2.95 bits per heavy atom. The first kappa shape index (κ1) is 13.5. The zero-order valence-electron chi connectivity index (χ0n) is 10.3. The molecular weight excluding hydrogens is 312 g/mol. The number of nitrogens with one attached hydrogen (secondary N) is 1. The lowest BCUT2D eigenvalue weighted by molar-refractivity contribution is 0.0690. The van der Waals surface area contributed by atoms with Crippen LogP contribution in [0.4, 0.5) is 5.69 Å². The molecule has 0 spiro atoms. The van der Waals surface area contributed by atoms with E-state index in [-0.39, 0.29) is 5.69 Å². The largest absolute Gasteiger partial charge is 0.476 e. The van der Waals surface area contributed by atoms with E-state index in [9.17, 15) is 4.79 Å². The maximum Gasteiger partial charge on any atom is 0.358 e. The predicted molar refractivity (Wildman–Crippen MR) is 74.4 cm³/mol. The van der Waals surface area contributed by atoms with Gasteiger partial charge >= 0.3 is 5.97 Å². The third-order valence-corrected chi connectivity index (χ3v) is 3.19. The van der Waals surface area contributed by atoms with Crippen molar-refractivity contribution in [3.05, 3.63) is 40.1 Å². The van der Waals surface area contributed by atoms with Crippen LogP contribution < -0.4 is 5.32 Å². The highest BCUT2D eigenvalue weighted by Gasteiger charge is 2.07. The maximum atomic E-state index is 10.6. The number of carbonyl (C=O) groups is 1. The maximum absolute atomic E-state index is 10.6. The van der Waals surface area contributed by atoms with Crippen LogP contribution in [0.1, 0.15) is 16.1 Å². The molecule has 2 N–H and O–H groups in total. The Labute approximate surface area is 118 Å². The van der Waals surface area contributed by atoms with Crippen LogP contribution in [0.3, 0.4) is 0 Å². The van der Waals surface area contributed by atoms with Gasteiger partial charge in [-0.2, -0.15) is 0 Å². The van der Waals surface area contributed by atoms with Crippen LogP contribution in [0.25, 0.3) is 0 Å². The molecule has 2 aromatic rings. The van der Waals surface area contributed by atoms with Gasteiger partial charge in [-0.3, -0.25) is 0 Å². The van der Waals surface area contributed by atoms with E-state index in [2.05, 4.69) is 31.6 Å². The van der Waals surface area contributed by atoms with E-state index in [0.717, 1.165) is 10.2 Å². The minimum Gasteiger partial charge on any atom is -0.476 e. The van der Waals surface area contributed by atoms with E-state index < -0.39 is 5.97 Å². The van der Waals surface area contributed by atoms with Crippen molar-refractivity contribution in [3.8, 4) is 0 Å². The van der Waals surface area contributed by atoms with Crippen molar-refractivity contribution < 1.29 is 9.90 Å². The number of anilines is 1. The fourth-order valence-electron chi connectivity index (χ4n) is 1.57. The van der Waals surface area contributed by atoms with Crippen LogP contribution in [0.2, 0.25) is 0 Å². The highest BCUT2D eigenvalue weighted by Crippen LogP contribution is 2.22. The topological polar surface area (TPSA) is 80.0 Å². The molecule has 1 aromatic heterocycles. The molecule has 0 unspecified atom stereocenters. The SMILES string of the molecule is Cc1ccc(NCCn2cc(C(=O)O)nn2)c(Br)c1. The third kappa shape index (κ3) is 3.54. The summed E-state index contributed by atoms with van der Waals surface area (Å²) in [6, 6.07) is 6.04. The van der Waals surface area contributed by atoms with Crippen LogP contribution >= 0.6 is 15.9 Å². The number of aryl methyl sites for hydroxylation is 1. The van der Waals surface area contributed by atoms with Gasteiger partial charge < -0.3 is 10.4 Å².